The number of methoxy groups -OCH3 is 2. The molecule has 0 N–H and O–H groups in total. The van der Waals surface area contributed by atoms with Crippen molar-refractivity contribution in [2.24, 2.45) is 5.41 Å². The second-order valence-corrected chi connectivity index (χ2v) is 7.45. The molecule has 0 aliphatic carbocycles. The number of benzene rings is 1. The van der Waals surface area contributed by atoms with Gasteiger partial charge in [0.15, 0.2) is 5.41 Å². The third-order valence-electron chi connectivity index (χ3n) is 4.03. The molecular weight excluding hydrogens is 473 g/mol. The highest BCUT2D eigenvalue weighted by Crippen LogP contribution is 2.33. The summed E-state index contributed by atoms with van der Waals surface area (Å²) in [6.07, 6.45) is -0.0368. The summed E-state index contributed by atoms with van der Waals surface area (Å²) in [6, 6.07) is 7.45. The third-order valence-corrected chi connectivity index (χ3v) is 4.94. The highest BCUT2D eigenvalue weighted by atomic mass is 127. The summed E-state index contributed by atoms with van der Waals surface area (Å²) in [6.45, 7) is 7.08. The zero-order valence-corrected chi connectivity index (χ0v) is 18.7. The van der Waals surface area contributed by atoms with Crippen molar-refractivity contribution in [3.63, 3.8) is 0 Å². The van der Waals surface area contributed by atoms with Crippen LogP contribution in [0.2, 0.25) is 0 Å². The molecule has 28 heavy (non-hydrogen) atoms. The van der Waals surface area contributed by atoms with E-state index in [0.717, 1.165) is 9.26 Å². The summed E-state index contributed by atoms with van der Waals surface area (Å²) in [5, 5.41) is 0. The van der Waals surface area contributed by atoms with Crippen LogP contribution in [0.1, 0.15) is 26.7 Å². The van der Waals surface area contributed by atoms with Gasteiger partial charge in [0, 0.05) is 16.9 Å². The number of rotatable bonds is 7. The zero-order chi connectivity index (χ0) is 21.3. The van der Waals surface area contributed by atoms with Gasteiger partial charge in [0.05, 0.1) is 26.5 Å². The van der Waals surface area contributed by atoms with Crippen LogP contribution in [0.25, 0.3) is 0 Å². The Balaban J connectivity index is 3.13. The van der Waals surface area contributed by atoms with Crippen LogP contribution < -0.4 is 4.90 Å². The highest BCUT2D eigenvalue weighted by Gasteiger charge is 2.47. The number of hydrogen-bond donors (Lipinski definition) is 0. The van der Waals surface area contributed by atoms with Gasteiger partial charge in [-0.15, -0.1) is 6.58 Å². The van der Waals surface area contributed by atoms with Gasteiger partial charge in [0.1, 0.15) is 0 Å². The Bertz CT molecular complexity index is 806. The fraction of sp³-hybridized carbons (Fsp3) is 0.381. The molecule has 0 spiro atoms. The number of carbonyl (C=O) groups excluding carboxylic acids is 3. The number of carbonyl (C=O) groups is 3. The van der Waals surface area contributed by atoms with E-state index in [4.69, 9.17) is 9.47 Å². The topological polar surface area (TPSA) is 72.9 Å². The maximum Gasteiger partial charge on any atom is 0.324 e. The predicted octanol–water partition coefficient (Wildman–Crippen LogP) is 3.34. The smallest absolute Gasteiger partial charge is 0.324 e. The lowest BCUT2D eigenvalue weighted by molar-refractivity contribution is -0.168. The van der Waals surface area contributed by atoms with Crippen LogP contribution in [0, 0.1) is 20.8 Å². The lowest BCUT2D eigenvalue weighted by Gasteiger charge is -2.26. The molecule has 0 saturated heterocycles. The Hall–Kier alpha value is -2.34. The largest absolute Gasteiger partial charge is 0.468 e. The fourth-order valence-electron chi connectivity index (χ4n) is 2.73. The average Bonchev–Trinajstić information content (AvgIpc) is 2.65. The van der Waals surface area contributed by atoms with E-state index in [-0.39, 0.29) is 25.3 Å². The molecule has 0 aliphatic rings. The second-order valence-electron chi connectivity index (χ2n) is 6.29. The molecule has 7 heteroatoms. The van der Waals surface area contributed by atoms with Gasteiger partial charge in [-0.05, 0) is 48.1 Å². The number of amides is 1. The summed E-state index contributed by atoms with van der Waals surface area (Å²) < 4.78 is 10.6. The second kappa shape index (κ2) is 10.9. The van der Waals surface area contributed by atoms with Crippen molar-refractivity contribution in [3.8, 4) is 11.8 Å². The Morgan fingerprint density at radius 1 is 1.11 bits per heavy atom. The monoisotopic (exact) mass is 497 g/mol. The number of anilines is 1. The Morgan fingerprint density at radius 2 is 1.68 bits per heavy atom. The van der Waals surface area contributed by atoms with Crippen LogP contribution in [0.3, 0.4) is 0 Å². The van der Waals surface area contributed by atoms with Gasteiger partial charge in [0.25, 0.3) is 0 Å². The van der Waals surface area contributed by atoms with Gasteiger partial charge < -0.3 is 9.47 Å². The molecule has 6 nitrogen and oxygen atoms in total. The first-order valence-electron chi connectivity index (χ1n) is 8.49. The molecule has 0 saturated carbocycles. The van der Waals surface area contributed by atoms with Crippen molar-refractivity contribution >= 4 is 46.1 Å². The van der Waals surface area contributed by atoms with Gasteiger partial charge >= 0.3 is 11.9 Å². The van der Waals surface area contributed by atoms with Crippen molar-refractivity contribution < 1.29 is 23.9 Å². The maximum absolute atomic E-state index is 12.4. The van der Waals surface area contributed by atoms with Crippen molar-refractivity contribution in [1.82, 2.24) is 0 Å². The van der Waals surface area contributed by atoms with Gasteiger partial charge in [-0.1, -0.05) is 29.5 Å². The molecular formula is C21H24INO5. The van der Waals surface area contributed by atoms with E-state index < -0.39 is 17.4 Å². The molecule has 0 bridgehead atoms. The number of hydrogen-bond acceptors (Lipinski definition) is 5. The summed E-state index contributed by atoms with van der Waals surface area (Å²) in [7, 11) is 2.42. The fourth-order valence-corrected chi connectivity index (χ4v) is 3.40. The standard InChI is InChI=1S/C21H24INO5/c1-15(2)14-21(19(25)27-4,20(26)28-5)12-8-9-13-23(16(3)24)18-11-7-6-10-17(18)22/h6-7,10-11H,1,12-14H2,2-5H3. The van der Waals surface area contributed by atoms with Crippen LogP contribution in [-0.2, 0) is 23.9 Å². The minimum absolute atomic E-state index is 0.0635. The molecule has 0 atom stereocenters. The quantitative estimate of drug-likeness (QED) is 0.190. The van der Waals surface area contributed by atoms with E-state index in [1.54, 1.807) is 6.92 Å². The van der Waals surface area contributed by atoms with Crippen molar-refractivity contribution in [2.75, 3.05) is 25.7 Å². The molecule has 0 aliphatic heterocycles. The first kappa shape index (κ1) is 23.7. The number of halogens is 1. The van der Waals surface area contributed by atoms with Crippen LogP contribution in [0.4, 0.5) is 5.69 Å². The Kier molecular flexibility index (Phi) is 9.19. The number of allylic oxidation sites excluding steroid dienone is 1. The van der Waals surface area contributed by atoms with E-state index in [1.165, 1.54) is 26.0 Å². The Labute approximate surface area is 179 Å². The SMILES string of the molecule is C=C(C)CC(CC#CCN(C(C)=O)c1ccccc1I)(C(=O)OC)C(=O)OC. The van der Waals surface area contributed by atoms with Gasteiger partial charge in [-0.25, -0.2) is 0 Å². The van der Waals surface area contributed by atoms with Crippen molar-refractivity contribution in [3.05, 3.63) is 40.0 Å². The molecule has 0 unspecified atom stereocenters. The van der Waals surface area contributed by atoms with Gasteiger partial charge in [-0.3, -0.25) is 19.3 Å². The number of para-hydroxylation sites is 1. The molecule has 1 rings (SSSR count). The molecule has 0 fully saturated rings. The van der Waals surface area contributed by atoms with E-state index in [9.17, 15) is 14.4 Å². The Morgan fingerprint density at radius 3 is 2.14 bits per heavy atom. The predicted molar refractivity (Wildman–Crippen MR) is 115 cm³/mol. The van der Waals surface area contributed by atoms with Crippen LogP contribution >= 0.6 is 22.6 Å². The molecule has 0 aromatic heterocycles. The first-order chi connectivity index (χ1) is 13.2. The molecule has 1 aromatic carbocycles. The minimum atomic E-state index is -1.58. The van der Waals surface area contributed by atoms with E-state index in [1.807, 2.05) is 24.3 Å². The summed E-state index contributed by atoms with van der Waals surface area (Å²) in [5.41, 5.74) is -0.203. The maximum atomic E-state index is 12.4. The summed E-state index contributed by atoms with van der Waals surface area (Å²) in [5.74, 6) is 4.12. The van der Waals surface area contributed by atoms with Gasteiger partial charge in [-0.2, -0.15) is 0 Å². The van der Waals surface area contributed by atoms with Gasteiger partial charge in [0.2, 0.25) is 5.91 Å². The average molecular weight is 497 g/mol. The minimum Gasteiger partial charge on any atom is -0.468 e. The van der Waals surface area contributed by atoms with E-state index in [2.05, 4.69) is 41.0 Å². The van der Waals surface area contributed by atoms with Crippen LogP contribution in [-0.4, -0.2) is 38.6 Å². The first-order valence-corrected chi connectivity index (χ1v) is 9.57. The summed E-state index contributed by atoms with van der Waals surface area (Å²) in [4.78, 5) is 38.3. The molecule has 0 radical (unpaired) electrons. The lowest BCUT2D eigenvalue weighted by Crippen LogP contribution is -2.41. The summed E-state index contributed by atoms with van der Waals surface area (Å²) >= 11 is 2.15. The van der Waals surface area contributed by atoms with Crippen LogP contribution in [0.15, 0.2) is 36.4 Å². The zero-order valence-electron chi connectivity index (χ0n) is 16.5. The van der Waals surface area contributed by atoms with Crippen molar-refractivity contribution in [1.29, 1.82) is 0 Å². The highest BCUT2D eigenvalue weighted by molar-refractivity contribution is 14.1. The van der Waals surface area contributed by atoms with Crippen LogP contribution in [0.5, 0.6) is 0 Å². The van der Waals surface area contributed by atoms with E-state index in [0.29, 0.717) is 5.57 Å². The molecule has 150 valence electrons. The third kappa shape index (κ3) is 5.83. The number of nitrogens with zero attached hydrogens (tertiary/aromatic N) is 1. The molecule has 0 heterocycles. The number of esters is 2. The lowest BCUT2D eigenvalue weighted by atomic mass is 9.79. The van der Waals surface area contributed by atoms with E-state index >= 15 is 0 Å². The molecule has 1 amide bonds. The molecule has 1 aromatic rings. The number of ether oxygens (including phenoxy) is 2. The van der Waals surface area contributed by atoms with Crippen molar-refractivity contribution in [2.45, 2.75) is 26.7 Å². The normalized spacial score (nSPS) is 10.3.